The smallest absolute Gasteiger partial charge is 0.193 e. The zero-order valence-electron chi connectivity index (χ0n) is 14.7. The molecule has 0 amide bonds. The van der Waals surface area contributed by atoms with Gasteiger partial charge in [-0.15, -0.1) is 0 Å². The molecule has 0 atom stereocenters. The molecule has 0 aliphatic rings. The summed E-state index contributed by atoms with van der Waals surface area (Å²) in [5.41, 5.74) is 5.00. The lowest BCUT2D eigenvalue weighted by molar-refractivity contribution is 0.601. The number of benzene rings is 3. The molecule has 0 N–H and O–H groups in total. The van der Waals surface area contributed by atoms with Crippen LogP contribution in [0.1, 0.15) is 5.56 Å². The summed E-state index contributed by atoms with van der Waals surface area (Å²) in [6, 6.07) is 23.1. The number of fused-ring (bicyclic) bond motifs is 2. The maximum atomic E-state index is 12.8. The van der Waals surface area contributed by atoms with Crippen molar-refractivity contribution in [3.63, 3.8) is 0 Å². The quantitative estimate of drug-likeness (QED) is 0.381. The van der Waals surface area contributed by atoms with Crippen molar-refractivity contribution in [3.05, 3.63) is 94.8 Å². The molecule has 5 aromatic rings. The number of furan rings is 1. The van der Waals surface area contributed by atoms with Gasteiger partial charge in [-0.2, -0.15) is 0 Å². The average Bonchev–Trinajstić information content (AvgIpc) is 3.14. The van der Waals surface area contributed by atoms with E-state index in [1.165, 1.54) is 0 Å². The molecule has 0 fully saturated rings. The predicted octanol–water partition coefficient (Wildman–Crippen LogP) is 6.18. The molecule has 3 aromatic carbocycles. The summed E-state index contributed by atoms with van der Waals surface area (Å²) in [7, 11) is 0. The fraction of sp³-hybridized carbons (Fsp3) is 0.0417. The third-order valence-electron chi connectivity index (χ3n) is 4.93. The summed E-state index contributed by atoms with van der Waals surface area (Å²) in [6.45, 7) is 1.93. The summed E-state index contributed by atoms with van der Waals surface area (Å²) < 4.78 is 12.0. The Morgan fingerprint density at radius 3 is 2.11 bits per heavy atom. The Kier molecular flexibility index (Phi) is 3.47. The zero-order valence-corrected chi connectivity index (χ0v) is 14.7. The summed E-state index contributed by atoms with van der Waals surface area (Å²) in [4.78, 5) is 12.8. The molecule has 0 bridgehead atoms. The van der Waals surface area contributed by atoms with Crippen molar-refractivity contribution < 1.29 is 8.83 Å². The van der Waals surface area contributed by atoms with E-state index in [0.29, 0.717) is 16.7 Å². The minimum atomic E-state index is -0.0553. The van der Waals surface area contributed by atoms with E-state index >= 15 is 0 Å². The number of rotatable bonds is 2. The van der Waals surface area contributed by atoms with Gasteiger partial charge in [0.15, 0.2) is 5.43 Å². The maximum Gasteiger partial charge on any atom is 0.193 e. The SMILES string of the molecule is Cc1c2occ(-c3ccccc3)c2cc2c(=O)cc(-c3ccccc3)oc12. The van der Waals surface area contributed by atoms with Gasteiger partial charge < -0.3 is 8.83 Å². The van der Waals surface area contributed by atoms with E-state index in [1.54, 1.807) is 12.3 Å². The highest BCUT2D eigenvalue weighted by atomic mass is 16.3. The number of hydrogen-bond acceptors (Lipinski definition) is 3. The van der Waals surface area contributed by atoms with Crippen molar-refractivity contribution >= 4 is 21.9 Å². The largest absolute Gasteiger partial charge is 0.463 e. The highest BCUT2D eigenvalue weighted by Gasteiger charge is 2.17. The van der Waals surface area contributed by atoms with Gasteiger partial charge in [0, 0.05) is 28.1 Å². The van der Waals surface area contributed by atoms with Crippen LogP contribution in [0.25, 0.3) is 44.4 Å². The minimum absolute atomic E-state index is 0.0553. The van der Waals surface area contributed by atoms with Crippen LogP contribution in [-0.4, -0.2) is 0 Å². The lowest BCUT2D eigenvalue weighted by Crippen LogP contribution is -2.01. The summed E-state index contributed by atoms with van der Waals surface area (Å²) in [5.74, 6) is 0.561. The molecule has 0 saturated carbocycles. The van der Waals surface area contributed by atoms with E-state index < -0.39 is 0 Å². The fourth-order valence-electron chi connectivity index (χ4n) is 3.55. The van der Waals surface area contributed by atoms with E-state index in [-0.39, 0.29) is 5.43 Å². The van der Waals surface area contributed by atoms with Crippen molar-refractivity contribution in [1.29, 1.82) is 0 Å². The average molecular weight is 352 g/mol. The molecule has 27 heavy (non-hydrogen) atoms. The van der Waals surface area contributed by atoms with Gasteiger partial charge in [0.05, 0.1) is 11.6 Å². The minimum Gasteiger partial charge on any atom is -0.463 e. The van der Waals surface area contributed by atoms with Gasteiger partial charge in [-0.3, -0.25) is 4.79 Å². The Labute approximate surface area is 155 Å². The first-order chi connectivity index (χ1) is 13.2. The third kappa shape index (κ3) is 2.48. The van der Waals surface area contributed by atoms with Gasteiger partial charge in [0.2, 0.25) is 0 Å². The van der Waals surface area contributed by atoms with Crippen LogP contribution in [0.5, 0.6) is 0 Å². The van der Waals surface area contributed by atoms with E-state index in [1.807, 2.05) is 73.7 Å². The van der Waals surface area contributed by atoms with Crippen molar-refractivity contribution in [2.75, 3.05) is 0 Å². The third-order valence-corrected chi connectivity index (χ3v) is 4.93. The van der Waals surface area contributed by atoms with Crippen molar-refractivity contribution in [1.82, 2.24) is 0 Å². The van der Waals surface area contributed by atoms with Crippen molar-refractivity contribution in [3.8, 4) is 22.5 Å². The molecule has 3 heteroatoms. The molecule has 0 aliphatic carbocycles. The summed E-state index contributed by atoms with van der Waals surface area (Å²) in [5, 5.41) is 1.49. The molecule has 0 unspecified atom stereocenters. The van der Waals surface area contributed by atoms with Crippen molar-refractivity contribution in [2.45, 2.75) is 6.92 Å². The molecule has 3 nitrogen and oxygen atoms in total. The maximum absolute atomic E-state index is 12.8. The topological polar surface area (TPSA) is 43.4 Å². The van der Waals surface area contributed by atoms with Gasteiger partial charge >= 0.3 is 0 Å². The number of hydrogen-bond donors (Lipinski definition) is 0. The Bertz CT molecular complexity index is 1330. The van der Waals surface area contributed by atoms with Crippen LogP contribution in [0.4, 0.5) is 0 Å². The summed E-state index contributed by atoms with van der Waals surface area (Å²) in [6.07, 6.45) is 1.74. The van der Waals surface area contributed by atoms with E-state index in [0.717, 1.165) is 33.2 Å². The van der Waals surface area contributed by atoms with Crippen LogP contribution >= 0.6 is 0 Å². The van der Waals surface area contributed by atoms with Gasteiger partial charge in [0.25, 0.3) is 0 Å². The first-order valence-corrected chi connectivity index (χ1v) is 8.82. The van der Waals surface area contributed by atoms with Gasteiger partial charge in [0.1, 0.15) is 16.9 Å². The highest BCUT2D eigenvalue weighted by molar-refractivity contribution is 6.04. The van der Waals surface area contributed by atoms with Gasteiger partial charge in [-0.05, 0) is 18.6 Å². The van der Waals surface area contributed by atoms with Gasteiger partial charge in [-0.1, -0.05) is 60.7 Å². The molecule has 0 aliphatic heterocycles. The molecule has 2 heterocycles. The Morgan fingerprint density at radius 2 is 1.41 bits per heavy atom. The summed E-state index contributed by atoms with van der Waals surface area (Å²) >= 11 is 0. The lowest BCUT2D eigenvalue weighted by Gasteiger charge is -2.07. The Balaban J connectivity index is 1.81. The Hall–Kier alpha value is -3.59. The second kappa shape index (κ2) is 5.99. The highest BCUT2D eigenvalue weighted by Crippen LogP contribution is 2.36. The van der Waals surface area contributed by atoms with E-state index in [4.69, 9.17) is 8.83 Å². The lowest BCUT2D eigenvalue weighted by atomic mass is 10.0. The fourth-order valence-corrected chi connectivity index (χ4v) is 3.55. The van der Waals surface area contributed by atoms with Crippen LogP contribution in [-0.2, 0) is 0 Å². The first kappa shape index (κ1) is 15.6. The molecular weight excluding hydrogens is 336 g/mol. The van der Waals surface area contributed by atoms with E-state index in [9.17, 15) is 4.79 Å². The van der Waals surface area contributed by atoms with Crippen LogP contribution in [0.3, 0.4) is 0 Å². The molecule has 2 aromatic heterocycles. The van der Waals surface area contributed by atoms with Crippen LogP contribution in [0.15, 0.2) is 92.7 Å². The predicted molar refractivity (Wildman–Crippen MR) is 108 cm³/mol. The second-order valence-electron chi connectivity index (χ2n) is 6.61. The first-order valence-electron chi connectivity index (χ1n) is 8.82. The number of aryl methyl sites for hydroxylation is 1. The zero-order chi connectivity index (χ0) is 18.4. The standard InChI is InChI=1S/C24H16O3/c1-15-23-18(20(14-26-23)16-8-4-2-5-9-16)12-19-21(25)13-22(27-24(15)19)17-10-6-3-7-11-17/h2-14H,1H3. The molecular formula is C24H16O3. The van der Waals surface area contributed by atoms with E-state index in [2.05, 4.69) is 0 Å². The molecule has 0 spiro atoms. The monoisotopic (exact) mass is 352 g/mol. The molecule has 0 radical (unpaired) electrons. The second-order valence-corrected chi connectivity index (χ2v) is 6.61. The Morgan fingerprint density at radius 1 is 0.741 bits per heavy atom. The van der Waals surface area contributed by atoms with Crippen molar-refractivity contribution in [2.24, 2.45) is 0 Å². The molecule has 0 saturated heterocycles. The van der Waals surface area contributed by atoms with Crippen LogP contribution < -0.4 is 5.43 Å². The molecule has 130 valence electrons. The molecule has 5 rings (SSSR count). The van der Waals surface area contributed by atoms with Crippen LogP contribution in [0, 0.1) is 6.92 Å². The van der Waals surface area contributed by atoms with Crippen LogP contribution in [0.2, 0.25) is 0 Å². The normalized spacial score (nSPS) is 11.3. The van der Waals surface area contributed by atoms with Gasteiger partial charge in [-0.25, -0.2) is 0 Å².